The van der Waals surface area contributed by atoms with Crippen molar-refractivity contribution in [3.05, 3.63) is 49.6 Å². The van der Waals surface area contributed by atoms with Crippen molar-refractivity contribution in [1.29, 1.82) is 0 Å². The first-order chi connectivity index (χ1) is 12.7. The van der Waals surface area contributed by atoms with Crippen molar-refractivity contribution in [3.63, 3.8) is 0 Å². The van der Waals surface area contributed by atoms with Gasteiger partial charge in [0.15, 0.2) is 5.82 Å². The second-order valence-electron chi connectivity index (χ2n) is 5.85. The summed E-state index contributed by atoms with van der Waals surface area (Å²) in [7, 11) is 0. The number of imidazole rings is 1. The molecule has 1 amide bonds. The summed E-state index contributed by atoms with van der Waals surface area (Å²) in [5.41, 5.74) is 2.31. The van der Waals surface area contributed by atoms with Gasteiger partial charge in [0.2, 0.25) is 5.91 Å². The molecule has 8 heteroatoms. The van der Waals surface area contributed by atoms with Gasteiger partial charge in [-0.15, -0.1) is 0 Å². The Morgan fingerprint density at radius 2 is 2.00 bits per heavy atom. The Morgan fingerprint density at radius 3 is 2.78 bits per heavy atom. The van der Waals surface area contributed by atoms with Crippen LogP contribution >= 0.6 is 0 Å². The summed E-state index contributed by atoms with van der Waals surface area (Å²) in [5.74, 6) is 1.22. The fourth-order valence-electron chi connectivity index (χ4n) is 2.87. The molecule has 0 unspecified atom stereocenters. The Kier molecular flexibility index (Phi) is 5.46. The second kappa shape index (κ2) is 7.96. The lowest BCUT2D eigenvalue weighted by molar-refractivity contribution is -0.111. The quantitative estimate of drug-likeness (QED) is 0.714. The molecule has 3 aromatic rings. The number of ether oxygens (including phenoxy) is 1. The van der Waals surface area contributed by atoms with Crippen LogP contribution in [-0.4, -0.2) is 51.7 Å². The summed E-state index contributed by atoms with van der Waals surface area (Å²) in [6.45, 7) is 6.42. The van der Waals surface area contributed by atoms with Crippen molar-refractivity contribution in [2.24, 2.45) is 0 Å². The lowest BCUT2D eigenvalue weighted by Crippen LogP contribution is -2.36. The maximum Gasteiger partial charge on any atom is 0.247 e. The number of hydrogen-bond acceptors (Lipinski definition) is 6. The predicted molar refractivity (Wildman–Crippen MR) is 105 cm³/mol. The molecule has 0 atom stereocenters. The number of rotatable bonds is 4. The van der Waals surface area contributed by atoms with Gasteiger partial charge in [-0.3, -0.25) is 14.3 Å². The van der Waals surface area contributed by atoms with E-state index in [2.05, 4.69) is 26.8 Å². The number of fused-ring (bicyclic) bond motifs is 1. The van der Waals surface area contributed by atoms with E-state index in [9.17, 15) is 4.79 Å². The van der Waals surface area contributed by atoms with E-state index in [1.165, 1.54) is 6.08 Å². The van der Waals surface area contributed by atoms with E-state index in [4.69, 9.17) is 9.72 Å². The molecule has 1 aromatic carbocycles. The minimum atomic E-state index is -0.260. The van der Waals surface area contributed by atoms with Crippen molar-refractivity contribution < 1.29 is 9.53 Å². The maximum atomic E-state index is 11.5. The summed E-state index contributed by atoms with van der Waals surface area (Å²) in [6.07, 6.45) is 6.39. The molecule has 1 N–H and O–H groups in total. The van der Waals surface area contributed by atoms with E-state index in [-0.39, 0.29) is 13.3 Å². The van der Waals surface area contributed by atoms with Gasteiger partial charge in [-0.05, 0) is 24.3 Å². The number of morpholine rings is 1. The fourth-order valence-corrected chi connectivity index (χ4v) is 2.87. The average Bonchev–Trinajstić information content (AvgIpc) is 3.12. The Labute approximate surface area is 157 Å². The number of carbonyl (C=O) groups is 1. The Hall–Kier alpha value is -3.26. The molecule has 0 bridgehead atoms. The van der Waals surface area contributed by atoms with Gasteiger partial charge in [0.1, 0.15) is 12.1 Å². The lowest BCUT2D eigenvalue weighted by Gasteiger charge is -2.27. The second-order valence-corrected chi connectivity index (χ2v) is 5.85. The van der Waals surface area contributed by atoms with E-state index in [0.717, 1.165) is 29.9 Å². The van der Waals surface area contributed by atoms with Crippen molar-refractivity contribution >= 4 is 28.4 Å². The van der Waals surface area contributed by atoms with Crippen LogP contribution in [0.5, 0.6) is 0 Å². The monoisotopic (exact) mass is 366 g/mol. The van der Waals surface area contributed by atoms with Crippen molar-refractivity contribution in [2.45, 2.75) is 7.43 Å². The average molecular weight is 366 g/mol. The van der Waals surface area contributed by atoms with Crippen molar-refractivity contribution in [2.75, 3.05) is 36.5 Å². The Balaban J connectivity index is 0.00000210. The fraction of sp³-hybridized carbons (Fsp3) is 0.263. The smallest absolute Gasteiger partial charge is 0.247 e. The maximum absolute atomic E-state index is 11.5. The van der Waals surface area contributed by atoms with Gasteiger partial charge in [0.25, 0.3) is 0 Å². The van der Waals surface area contributed by atoms with Crippen LogP contribution in [0.2, 0.25) is 0 Å². The molecule has 0 saturated carbocycles. The Morgan fingerprint density at radius 1 is 1.22 bits per heavy atom. The zero-order valence-corrected chi connectivity index (χ0v) is 14.1. The summed E-state index contributed by atoms with van der Waals surface area (Å²) in [5, 5.41) is 2.76. The van der Waals surface area contributed by atoms with Crippen LogP contribution in [0.25, 0.3) is 16.9 Å². The van der Waals surface area contributed by atoms with Crippen molar-refractivity contribution in [3.8, 4) is 5.82 Å². The molecule has 0 aliphatic carbocycles. The standard InChI is InChI=1S/C18H18N6O2.CH4/c1-2-18(25)21-13-3-4-14-15(9-13)24(12-20-14)17-11-19-10-16(22-17)23-5-7-26-8-6-23;/h2-4,9-12H,1,5-8H2,(H,21,25);1H4. The van der Waals surface area contributed by atoms with Gasteiger partial charge < -0.3 is 15.0 Å². The van der Waals surface area contributed by atoms with Gasteiger partial charge >= 0.3 is 0 Å². The molecule has 4 rings (SSSR count). The summed E-state index contributed by atoms with van der Waals surface area (Å²) >= 11 is 0. The number of hydrogen-bond donors (Lipinski definition) is 1. The van der Waals surface area contributed by atoms with Gasteiger partial charge in [0.05, 0.1) is 36.6 Å². The van der Waals surface area contributed by atoms with Gasteiger partial charge in [0, 0.05) is 18.8 Å². The van der Waals surface area contributed by atoms with E-state index in [1.807, 2.05) is 16.7 Å². The third-order valence-corrected chi connectivity index (χ3v) is 4.19. The van der Waals surface area contributed by atoms with Crippen LogP contribution in [0.1, 0.15) is 7.43 Å². The van der Waals surface area contributed by atoms with E-state index < -0.39 is 0 Å². The topological polar surface area (TPSA) is 85.2 Å². The normalized spacial score (nSPS) is 13.9. The molecular formula is C19H22N6O2. The number of anilines is 2. The number of aromatic nitrogens is 4. The molecule has 0 spiro atoms. The first kappa shape index (κ1) is 18.5. The highest BCUT2D eigenvalue weighted by molar-refractivity contribution is 6.00. The molecule has 27 heavy (non-hydrogen) atoms. The van der Waals surface area contributed by atoms with Crippen LogP contribution in [0.4, 0.5) is 11.5 Å². The minimum absolute atomic E-state index is 0. The SMILES string of the molecule is C.C=CC(=O)Nc1ccc2ncn(-c3cncc(N4CCOCC4)n3)c2c1. The van der Waals surface area contributed by atoms with Gasteiger partial charge in [-0.1, -0.05) is 14.0 Å². The lowest BCUT2D eigenvalue weighted by atomic mass is 10.2. The molecular weight excluding hydrogens is 344 g/mol. The molecule has 140 valence electrons. The van der Waals surface area contributed by atoms with E-state index in [1.54, 1.807) is 24.8 Å². The number of nitrogens with one attached hydrogen (secondary N) is 1. The largest absolute Gasteiger partial charge is 0.378 e. The van der Waals surface area contributed by atoms with Crippen LogP contribution in [-0.2, 0) is 9.53 Å². The van der Waals surface area contributed by atoms with Gasteiger partial charge in [-0.25, -0.2) is 9.97 Å². The molecule has 8 nitrogen and oxygen atoms in total. The molecule has 0 radical (unpaired) electrons. The highest BCUT2D eigenvalue weighted by Crippen LogP contribution is 2.22. The van der Waals surface area contributed by atoms with Crippen LogP contribution in [0, 0.1) is 0 Å². The third-order valence-electron chi connectivity index (χ3n) is 4.19. The number of amides is 1. The first-order valence-electron chi connectivity index (χ1n) is 8.30. The molecule has 2 aromatic heterocycles. The molecule has 1 aliphatic heterocycles. The number of carbonyl (C=O) groups excluding carboxylic acids is 1. The molecule has 1 aliphatic rings. The van der Waals surface area contributed by atoms with Crippen LogP contribution < -0.4 is 10.2 Å². The first-order valence-corrected chi connectivity index (χ1v) is 8.30. The number of benzene rings is 1. The van der Waals surface area contributed by atoms with E-state index in [0.29, 0.717) is 24.7 Å². The predicted octanol–water partition coefficient (Wildman–Crippen LogP) is 2.41. The van der Waals surface area contributed by atoms with E-state index >= 15 is 0 Å². The minimum Gasteiger partial charge on any atom is -0.378 e. The zero-order valence-electron chi connectivity index (χ0n) is 14.1. The van der Waals surface area contributed by atoms with Crippen molar-refractivity contribution in [1.82, 2.24) is 19.5 Å². The number of nitrogens with zero attached hydrogens (tertiary/aromatic N) is 5. The molecule has 3 heterocycles. The summed E-state index contributed by atoms with van der Waals surface area (Å²) in [6, 6.07) is 5.51. The van der Waals surface area contributed by atoms with Crippen LogP contribution in [0.15, 0.2) is 49.6 Å². The highest BCUT2D eigenvalue weighted by Gasteiger charge is 2.14. The Bertz CT molecular complexity index is 962. The third kappa shape index (κ3) is 3.80. The molecule has 1 fully saturated rings. The summed E-state index contributed by atoms with van der Waals surface area (Å²) in [4.78, 5) is 27.1. The van der Waals surface area contributed by atoms with Crippen LogP contribution in [0.3, 0.4) is 0 Å². The zero-order chi connectivity index (χ0) is 17.9. The summed E-state index contributed by atoms with van der Waals surface area (Å²) < 4.78 is 7.25. The van der Waals surface area contributed by atoms with Gasteiger partial charge in [-0.2, -0.15) is 0 Å². The molecule has 1 saturated heterocycles. The highest BCUT2D eigenvalue weighted by atomic mass is 16.5.